The molecule has 0 N–H and O–H groups in total. The van der Waals surface area contributed by atoms with Gasteiger partial charge in [0.05, 0.1) is 0 Å². The molecule has 9 aromatic rings. The van der Waals surface area contributed by atoms with Crippen molar-refractivity contribution in [3.63, 3.8) is 0 Å². The minimum atomic E-state index is 0.147. The lowest BCUT2D eigenvalue weighted by Crippen LogP contribution is -2.03. The highest BCUT2D eigenvalue weighted by Gasteiger charge is 2.27. The van der Waals surface area contributed by atoms with Crippen LogP contribution in [0.15, 0.2) is 168 Å². The van der Waals surface area contributed by atoms with Gasteiger partial charge < -0.3 is 4.42 Å². The molecule has 1 unspecified atom stereocenters. The third-order valence-corrected chi connectivity index (χ3v) is 10.0. The van der Waals surface area contributed by atoms with E-state index in [9.17, 15) is 0 Å². The number of hydrogen-bond acceptors (Lipinski definition) is 4. The summed E-state index contributed by atoms with van der Waals surface area (Å²) in [6.45, 7) is 0. The molecule has 7 aromatic carbocycles. The van der Waals surface area contributed by atoms with Crippen LogP contribution >= 0.6 is 0 Å². The monoisotopic (exact) mass is 653 g/mol. The van der Waals surface area contributed by atoms with Crippen LogP contribution in [0.4, 0.5) is 0 Å². The van der Waals surface area contributed by atoms with E-state index in [0.717, 1.165) is 56.2 Å². The summed E-state index contributed by atoms with van der Waals surface area (Å²) in [6.07, 6.45) is 5.34. The Morgan fingerprint density at radius 3 is 1.80 bits per heavy atom. The zero-order valence-electron chi connectivity index (χ0n) is 27.7. The number of aromatic nitrogens is 3. The number of furan rings is 1. The van der Waals surface area contributed by atoms with Gasteiger partial charge in [0.2, 0.25) is 0 Å². The molecular formula is C47H31N3O. The minimum absolute atomic E-state index is 0.147. The first-order valence-corrected chi connectivity index (χ1v) is 17.4. The second-order valence-corrected chi connectivity index (χ2v) is 13.2. The first-order valence-electron chi connectivity index (χ1n) is 17.4. The lowest BCUT2D eigenvalue weighted by atomic mass is 9.86. The van der Waals surface area contributed by atoms with E-state index in [4.69, 9.17) is 19.4 Å². The normalized spacial score (nSPS) is 13.9. The van der Waals surface area contributed by atoms with Crippen molar-refractivity contribution in [2.24, 2.45) is 0 Å². The molecule has 2 heterocycles. The van der Waals surface area contributed by atoms with E-state index in [1.807, 2.05) is 18.2 Å². The number of benzene rings is 7. The van der Waals surface area contributed by atoms with E-state index in [2.05, 4.69) is 152 Å². The number of allylic oxidation sites excluding steroid dienone is 1. The molecule has 0 aliphatic heterocycles. The van der Waals surface area contributed by atoms with Crippen LogP contribution in [-0.4, -0.2) is 15.0 Å². The van der Waals surface area contributed by atoms with Gasteiger partial charge in [0.15, 0.2) is 17.5 Å². The minimum Gasteiger partial charge on any atom is -0.460 e. The molecule has 1 aliphatic rings. The Bertz CT molecular complexity index is 2780. The van der Waals surface area contributed by atoms with Gasteiger partial charge in [0.1, 0.15) is 11.3 Å². The molecule has 4 nitrogen and oxygen atoms in total. The Kier molecular flexibility index (Phi) is 6.91. The molecule has 0 saturated carbocycles. The van der Waals surface area contributed by atoms with Crippen LogP contribution in [0.2, 0.25) is 0 Å². The highest BCUT2D eigenvalue weighted by Crippen LogP contribution is 2.44. The quantitative estimate of drug-likeness (QED) is 0.185. The summed E-state index contributed by atoms with van der Waals surface area (Å²) >= 11 is 0. The van der Waals surface area contributed by atoms with Crippen LogP contribution < -0.4 is 0 Å². The molecule has 51 heavy (non-hydrogen) atoms. The molecule has 4 heteroatoms. The van der Waals surface area contributed by atoms with Crippen molar-refractivity contribution in [3.8, 4) is 45.3 Å². The standard InChI is InChI=1S/C47H31N3O/c1-3-11-30(12-4-1)34-22-23-36-29-38(26-24-35(36)27-34)46-48-45(37-25-21-31-13-7-8-16-33(31)28-37)49-47(50-46)41-19-10-20-42-43(41)40-18-9-17-39(44(40)51-42)32-14-5-2-6-15-32/h1-16,18-29,39H,17H2. The predicted octanol–water partition coefficient (Wildman–Crippen LogP) is 12.1. The van der Waals surface area contributed by atoms with Gasteiger partial charge in [0, 0.05) is 33.6 Å². The first-order chi connectivity index (χ1) is 25.2. The molecule has 0 spiro atoms. The summed E-state index contributed by atoms with van der Waals surface area (Å²) in [5, 5.41) is 5.64. The van der Waals surface area contributed by atoms with E-state index < -0.39 is 0 Å². The number of fused-ring (bicyclic) bond motifs is 5. The Labute approximate surface area is 295 Å². The second kappa shape index (κ2) is 12.0. The summed E-state index contributed by atoms with van der Waals surface area (Å²) < 4.78 is 6.66. The van der Waals surface area contributed by atoms with Gasteiger partial charge in [-0.2, -0.15) is 0 Å². The van der Waals surface area contributed by atoms with Gasteiger partial charge >= 0.3 is 0 Å². The van der Waals surface area contributed by atoms with Crippen LogP contribution in [0.1, 0.15) is 29.2 Å². The van der Waals surface area contributed by atoms with Crippen LogP contribution in [0.25, 0.3) is 83.9 Å². The molecule has 1 atom stereocenters. The zero-order valence-corrected chi connectivity index (χ0v) is 27.7. The highest BCUT2D eigenvalue weighted by atomic mass is 16.3. The maximum absolute atomic E-state index is 6.66. The SMILES string of the molecule is C1=Cc2c(oc3cccc(-c4nc(-c5ccc6ccccc6c5)nc(-c5ccc6cc(-c7ccccc7)ccc6c5)n4)c23)C(c2ccccc2)C1. The molecular weight excluding hydrogens is 623 g/mol. The maximum atomic E-state index is 6.66. The fraction of sp³-hybridized carbons (Fsp3) is 0.0426. The van der Waals surface area contributed by atoms with E-state index in [1.54, 1.807) is 0 Å². The van der Waals surface area contributed by atoms with Gasteiger partial charge in [-0.25, -0.2) is 15.0 Å². The lowest BCUT2D eigenvalue weighted by molar-refractivity contribution is 0.517. The fourth-order valence-electron chi connectivity index (χ4n) is 7.48. The van der Waals surface area contributed by atoms with Crippen molar-refractivity contribution in [1.82, 2.24) is 15.0 Å². The van der Waals surface area contributed by atoms with E-state index in [-0.39, 0.29) is 5.92 Å². The molecule has 240 valence electrons. The third-order valence-electron chi connectivity index (χ3n) is 10.0. The topological polar surface area (TPSA) is 51.8 Å². The molecule has 0 bridgehead atoms. The van der Waals surface area contributed by atoms with Gasteiger partial charge in [0.25, 0.3) is 0 Å². The third kappa shape index (κ3) is 5.20. The van der Waals surface area contributed by atoms with Crippen molar-refractivity contribution in [2.75, 3.05) is 0 Å². The molecule has 0 radical (unpaired) electrons. The molecule has 10 rings (SSSR count). The van der Waals surface area contributed by atoms with Crippen molar-refractivity contribution >= 4 is 38.6 Å². The number of rotatable bonds is 5. The van der Waals surface area contributed by atoms with E-state index in [1.165, 1.54) is 27.5 Å². The molecule has 0 amide bonds. The Hall–Kier alpha value is -6.65. The zero-order chi connectivity index (χ0) is 33.7. The summed E-state index contributed by atoms with van der Waals surface area (Å²) in [5.41, 5.74) is 8.37. The van der Waals surface area contributed by atoms with Crippen LogP contribution in [-0.2, 0) is 0 Å². The van der Waals surface area contributed by atoms with Gasteiger partial charge in [-0.1, -0.05) is 146 Å². The lowest BCUT2D eigenvalue weighted by Gasteiger charge is -2.17. The maximum Gasteiger partial charge on any atom is 0.164 e. The largest absolute Gasteiger partial charge is 0.460 e. The van der Waals surface area contributed by atoms with Crippen molar-refractivity contribution in [3.05, 3.63) is 181 Å². The number of hydrogen-bond donors (Lipinski definition) is 0. The van der Waals surface area contributed by atoms with Crippen molar-refractivity contribution in [1.29, 1.82) is 0 Å². The van der Waals surface area contributed by atoms with Gasteiger partial charge in [-0.3, -0.25) is 0 Å². The molecule has 0 fully saturated rings. The highest BCUT2D eigenvalue weighted by molar-refractivity contribution is 6.00. The number of nitrogens with zero attached hydrogens (tertiary/aromatic N) is 3. The van der Waals surface area contributed by atoms with E-state index in [0.29, 0.717) is 17.5 Å². The Morgan fingerprint density at radius 2 is 1.06 bits per heavy atom. The Morgan fingerprint density at radius 1 is 0.471 bits per heavy atom. The smallest absolute Gasteiger partial charge is 0.164 e. The summed E-state index contributed by atoms with van der Waals surface area (Å²) in [4.78, 5) is 15.5. The summed E-state index contributed by atoms with van der Waals surface area (Å²) in [7, 11) is 0. The van der Waals surface area contributed by atoms with Crippen molar-refractivity contribution in [2.45, 2.75) is 12.3 Å². The predicted molar refractivity (Wildman–Crippen MR) is 208 cm³/mol. The van der Waals surface area contributed by atoms with Crippen LogP contribution in [0, 0.1) is 0 Å². The van der Waals surface area contributed by atoms with Crippen LogP contribution in [0.3, 0.4) is 0 Å². The van der Waals surface area contributed by atoms with E-state index >= 15 is 0 Å². The molecule has 2 aromatic heterocycles. The molecule has 1 aliphatic carbocycles. The first kappa shape index (κ1) is 29.3. The summed E-state index contributed by atoms with van der Waals surface area (Å²) in [6, 6.07) is 55.1. The van der Waals surface area contributed by atoms with Gasteiger partial charge in [-0.05, 0) is 68.9 Å². The van der Waals surface area contributed by atoms with Crippen LogP contribution in [0.5, 0.6) is 0 Å². The van der Waals surface area contributed by atoms with Crippen molar-refractivity contribution < 1.29 is 4.42 Å². The Balaban J connectivity index is 1.15. The van der Waals surface area contributed by atoms with Gasteiger partial charge in [-0.15, -0.1) is 0 Å². The molecule has 0 saturated heterocycles. The average Bonchev–Trinajstić information content (AvgIpc) is 3.60. The second-order valence-electron chi connectivity index (χ2n) is 13.2. The average molecular weight is 654 g/mol. The summed E-state index contributed by atoms with van der Waals surface area (Å²) in [5.74, 6) is 3.01. The fourth-order valence-corrected chi connectivity index (χ4v) is 7.48.